The predicted molar refractivity (Wildman–Crippen MR) is 143 cm³/mol. The van der Waals surface area contributed by atoms with Crippen molar-refractivity contribution < 1.29 is 19.2 Å². The highest BCUT2D eigenvalue weighted by Crippen LogP contribution is 2.28. The van der Waals surface area contributed by atoms with Crippen LogP contribution in [0.25, 0.3) is 16.9 Å². The van der Waals surface area contributed by atoms with Crippen LogP contribution in [0.5, 0.6) is 11.5 Å². The third kappa shape index (κ3) is 5.01. The molecule has 10 heteroatoms. The van der Waals surface area contributed by atoms with E-state index in [4.69, 9.17) is 14.6 Å². The second-order valence-corrected chi connectivity index (χ2v) is 8.81. The second-order valence-electron chi connectivity index (χ2n) is 8.81. The topological polar surface area (TPSA) is 103 Å². The van der Waals surface area contributed by atoms with E-state index < -0.39 is 4.92 Å². The maximum absolute atomic E-state index is 13.8. The lowest BCUT2D eigenvalue weighted by Crippen LogP contribution is -2.49. The Labute approximate surface area is 219 Å². The SMILES string of the molecule is COc1ccc(N2CCN(C(=O)c3cc(-c4cccc(OC)c4)nn3-c3cccc([N+](=O)[O-])c3)CC2)cc1. The number of rotatable bonds is 7. The monoisotopic (exact) mass is 513 g/mol. The number of hydrogen-bond acceptors (Lipinski definition) is 7. The highest BCUT2D eigenvalue weighted by molar-refractivity contribution is 5.94. The molecule has 0 spiro atoms. The number of amides is 1. The maximum Gasteiger partial charge on any atom is 0.272 e. The van der Waals surface area contributed by atoms with E-state index in [0.717, 1.165) is 17.0 Å². The van der Waals surface area contributed by atoms with Crippen LogP contribution < -0.4 is 14.4 Å². The molecule has 0 radical (unpaired) electrons. The summed E-state index contributed by atoms with van der Waals surface area (Å²) < 4.78 is 12.1. The summed E-state index contributed by atoms with van der Waals surface area (Å²) in [5, 5.41) is 16.1. The lowest BCUT2D eigenvalue weighted by atomic mass is 10.1. The van der Waals surface area contributed by atoms with Crippen LogP contribution in [0.15, 0.2) is 78.9 Å². The fraction of sp³-hybridized carbons (Fsp3) is 0.214. The Morgan fingerprint density at radius 2 is 1.55 bits per heavy atom. The molecule has 0 saturated carbocycles. The first-order valence-corrected chi connectivity index (χ1v) is 12.1. The summed E-state index contributed by atoms with van der Waals surface area (Å²) >= 11 is 0. The zero-order valence-electron chi connectivity index (χ0n) is 21.1. The molecule has 0 bridgehead atoms. The number of carbonyl (C=O) groups is 1. The summed E-state index contributed by atoms with van der Waals surface area (Å²) in [6.45, 7) is 2.40. The van der Waals surface area contributed by atoms with Gasteiger partial charge in [-0.2, -0.15) is 5.10 Å². The van der Waals surface area contributed by atoms with Crippen LogP contribution >= 0.6 is 0 Å². The van der Waals surface area contributed by atoms with Crippen LogP contribution in [0.3, 0.4) is 0 Å². The molecule has 10 nitrogen and oxygen atoms in total. The Kier molecular flexibility index (Phi) is 6.94. The van der Waals surface area contributed by atoms with E-state index in [9.17, 15) is 14.9 Å². The number of non-ortho nitro benzene ring substituents is 1. The van der Waals surface area contributed by atoms with Gasteiger partial charge in [-0.25, -0.2) is 4.68 Å². The van der Waals surface area contributed by atoms with Crippen molar-refractivity contribution in [3.05, 3.63) is 94.7 Å². The molecule has 2 heterocycles. The number of ether oxygens (including phenoxy) is 2. The molecular weight excluding hydrogens is 486 g/mol. The van der Waals surface area contributed by atoms with Crippen LogP contribution in [0, 0.1) is 10.1 Å². The summed E-state index contributed by atoms with van der Waals surface area (Å²) in [5.41, 5.74) is 3.10. The number of methoxy groups -OCH3 is 2. The molecule has 38 heavy (non-hydrogen) atoms. The highest BCUT2D eigenvalue weighted by atomic mass is 16.6. The van der Waals surface area contributed by atoms with Gasteiger partial charge in [-0.05, 0) is 48.5 Å². The lowest BCUT2D eigenvalue weighted by Gasteiger charge is -2.36. The Morgan fingerprint density at radius 3 is 2.24 bits per heavy atom. The van der Waals surface area contributed by atoms with Crippen molar-refractivity contribution in [2.24, 2.45) is 0 Å². The van der Waals surface area contributed by atoms with Crippen molar-refractivity contribution in [2.75, 3.05) is 45.3 Å². The molecule has 5 rings (SSSR count). The first-order chi connectivity index (χ1) is 18.5. The maximum atomic E-state index is 13.8. The molecule has 1 saturated heterocycles. The number of nitrogens with zero attached hydrogens (tertiary/aromatic N) is 5. The number of nitro groups is 1. The molecule has 194 valence electrons. The van der Waals surface area contributed by atoms with Gasteiger partial charge < -0.3 is 19.3 Å². The third-order valence-corrected chi connectivity index (χ3v) is 6.58. The number of nitro benzene ring substituents is 1. The highest BCUT2D eigenvalue weighted by Gasteiger charge is 2.27. The molecule has 4 aromatic rings. The largest absolute Gasteiger partial charge is 0.497 e. The van der Waals surface area contributed by atoms with Gasteiger partial charge in [-0.3, -0.25) is 14.9 Å². The molecule has 0 N–H and O–H groups in total. The average Bonchev–Trinajstić information content (AvgIpc) is 3.43. The van der Waals surface area contributed by atoms with E-state index >= 15 is 0 Å². The first-order valence-electron chi connectivity index (χ1n) is 12.1. The summed E-state index contributed by atoms with van der Waals surface area (Å²) in [6, 6.07) is 23.1. The van der Waals surface area contributed by atoms with Gasteiger partial charge in [0.1, 0.15) is 17.2 Å². The summed E-state index contributed by atoms with van der Waals surface area (Å²) in [6.07, 6.45) is 0. The van der Waals surface area contributed by atoms with E-state index in [2.05, 4.69) is 4.90 Å². The minimum atomic E-state index is -0.462. The summed E-state index contributed by atoms with van der Waals surface area (Å²) in [5.74, 6) is 1.27. The Bertz CT molecular complexity index is 1460. The fourth-order valence-corrected chi connectivity index (χ4v) is 4.51. The molecule has 1 aliphatic heterocycles. The van der Waals surface area contributed by atoms with E-state index in [1.54, 1.807) is 37.3 Å². The molecule has 0 aliphatic carbocycles. The van der Waals surface area contributed by atoms with Crippen molar-refractivity contribution in [3.8, 4) is 28.4 Å². The van der Waals surface area contributed by atoms with Gasteiger partial charge in [-0.15, -0.1) is 0 Å². The summed E-state index contributed by atoms with van der Waals surface area (Å²) in [4.78, 5) is 28.7. The number of anilines is 1. The zero-order valence-corrected chi connectivity index (χ0v) is 21.1. The molecule has 1 aliphatic rings. The van der Waals surface area contributed by atoms with Crippen LogP contribution in [0.4, 0.5) is 11.4 Å². The van der Waals surface area contributed by atoms with Crippen molar-refractivity contribution in [1.82, 2.24) is 14.7 Å². The normalized spacial score (nSPS) is 13.3. The van der Waals surface area contributed by atoms with Crippen molar-refractivity contribution in [3.63, 3.8) is 0 Å². The molecule has 1 fully saturated rings. The second kappa shape index (κ2) is 10.6. The first kappa shape index (κ1) is 24.8. The molecule has 3 aromatic carbocycles. The Hall–Kier alpha value is -4.86. The average molecular weight is 514 g/mol. The van der Waals surface area contributed by atoms with Gasteiger partial charge in [0.25, 0.3) is 11.6 Å². The molecular formula is C28H27N5O5. The number of hydrogen-bond donors (Lipinski definition) is 0. The third-order valence-electron chi connectivity index (χ3n) is 6.58. The van der Waals surface area contributed by atoms with Crippen LogP contribution in [0.2, 0.25) is 0 Å². The number of benzene rings is 3. The van der Waals surface area contributed by atoms with Gasteiger partial charge >= 0.3 is 0 Å². The van der Waals surface area contributed by atoms with Crippen LogP contribution in [0.1, 0.15) is 10.5 Å². The number of carbonyl (C=O) groups excluding carboxylic acids is 1. The minimum Gasteiger partial charge on any atom is -0.497 e. The minimum absolute atomic E-state index is 0.0764. The van der Waals surface area contributed by atoms with Crippen molar-refractivity contribution in [1.29, 1.82) is 0 Å². The molecule has 0 atom stereocenters. The Balaban J connectivity index is 1.44. The van der Waals surface area contributed by atoms with Crippen LogP contribution in [-0.2, 0) is 0 Å². The zero-order chi connectivity index (χ0) is 26.6. The lowest BCUT2D eigenvalue weighted by molar-refractivity contribution is -0.384. The fourth-order valence-electron chi connectivity index (χ4n) is 4.51. The van der Waals surface area contributed by atoms with E-state index in [0.29, 0.717) is 49.0 Å². The van der Waals surface area contributed by atoms with E-state index in [1.807, 2.05) is 48.5 Å². The van der Waals surface area contributed by atoms with Crippen LogP contribution in [-0.4, -0.2) is 65.9 Å². The molecule has 1 amide bonds. The number of piperazine rings is 1. The van der Waals surface area contributed by atoms with Crippen molar-refractivity contribution >= 4 is 17.3 Å². The predicted octanol–water partition coefficient (Wildman–Crippen LogP) is 4.43. The van der Waals surface area contributed by atoms with E-state index in [1.165, 1.54) is 16.8 Å². The van der Waals surface area contributed by atoms with Gasteiger partial charge in [0.05, 0.1) is 30.5 Å². The van der Waals surface area contributed by atoms with Gasteiger partial charge in [0.2, 0.25) is 0 Å². The van der Waals surface area contributed by atoms with Gasteiger partial charge in [0, 0.05) is 49.6 Å². The van der Waals surface area contributed by atoms with E-state index in [-0.39, 0.29) is 11.6 Å². The number of aromatic nitrogens is 2. The Morgan fingerprint density at radius 1 is 0.842 bits per heavy atom. The van der Waals surface area contributed by atoms with Gasteiger partial charge in [0.15, 0.2) is 0 Å². The molecule has 0 unspecified atom stereocenters. The summed E-state index contributed by atoms with van der Waals surface area (Å²) in [7, 11) is 3.22. The quantitative estimate of drug-likeness (QED) is 0.266. The molecule has 1 aromatic heterocycles. The van der Waals surface area contributed by atoms with Crippen molar-refractivity contribution in [2.45, 2.75) is 0 Å². The standard InChI is InChI=1S/C28H27N5O5/c1-37-24-11-9-21(10-12-24)30-13-15-31(16-14-30)28(34)27-19-26(20-5-3-8-25(17-20)38-2)29-32(27)22-6-4-7-23(18-22)33(35)36/h3-12,17-19H,13-16H2,1-2H3. The smallest absolute Gasteiger partial charge is 0.272 e. The van der Waals surface area contributed by atoms with Gasteiger partial charge in [-0.1, -0.05) is 18.2 Å².